The Morgan fingerprint density at radius 2 is 1.74 bits per heavy atom. The second-order valence-electron chi connectivity index (χ2n) is 7.04. The Hall–Kier alpha value is -1.02. The lowest BCUT2D eigenvalue weighted by Gasteiger charge is -2.31. The lowest BCUT2D eigenvalue weighted by Crippen LogP contribution is -2.45. The third-order valence-corrected chi connectivity index (χ3v) is 4.92. The van der Waals surface area contributed by atoms with Crippen LogP contribution in [0.25, 0.3) is 0 Å². The minimum Gasteiger partial charge on any atom is -0.486 e. The van der Waals surface area contributed by atoms with Gasteiger partial charge in [0.2, 0.25) is 0 Å². The summed E-state index contributed by atoms with van der Waals surface area (Å²) in [6, 6.07) is 9.58. The predicted octanol–water partition coefficient (Wildman–Crippen LogP) is 3.68. The maximum absolute atomic E-state index is 6.15. The van der Waals surface area contributed by atoms with Crippen molar-refractivity contribution >= 4 is 0 Å². The number of para-hydroxylation sites is 1. The van der Waals surface area contributed by atoms with Gasteiger partial charge in [-0.2, -0.15) is 0 Å². The lowest BCUT2D eigenvalue weighted by atomic mass is 9.92. The SMILES string of the molecule is CC1(C)Oc2ccccc2C1NC(C1CC1)C1CC1. The average molecular weight is 257 g/mol. The van der Waals surface area contributed by atoms with E-state index in [0.29, 0.717) is 6.04 Å². The Morgan fingerprint density at radius 3 is 2.37 bits per heavy atom. The first-order chi connectivity index (χ1) is 9.15. The number of hydrogen-bond donors (Lipinski definition) is 1. The van der Waals surface area contributed by atoms with Gasteiger partial charge in [0, 0.05) is 11.6 Å². The standard InChI is InChI=1S/C17H23NO/c1-17(2)16(13-5-3-4-6-14(13)19-17)18-15(11-7-8-11)12-9-10-12/h3-6,11-12,15-16,18H,7-10H2,1-2H3. The van der Waals surface area contributed by atoms with Crippen molar-refractivity contribution in [3.63, 3.8) is 0 Å². The van der Waals surface area contributed by atoms with Crippen LogP contribution < -0.4 is 10.1 Å². The van der Waals surface area contributed by atoms with Gasteiger partial charge < -0.3 is 10.1 Å². The number of nitrogens with one attached hydrogen (secondary N) is 1. The van der Waals surface area contributed by atoms with E-state index in [0.717, 1.165) is 23.6 Å². The second-order valence-corrected chi connectivity index (χ2v) is 7.04. The molecular formula is C17H23NO. The second kappa shape index (κ2) is 3.99. The molecule has 19 heavy (non-hydrogen) atoms. The topological polar surface area (TPSA) is 21.3 Å². The van der Waals surface area contributed by atoms with Gasteiger partial charge in [-0.1, -0.05) is 18.2 Å². The Bertz CT molecular complexity index is 476. The molecule has 1 aromatic carbocycles. The zero-order chi connectivity index (χ0) is 13.0. The first-order valence-corrected chi connectivity index (χ1v) is 7.69. The molecule has 2 saturated carbocycles. The van der Waals surface area contributed by atoms with Crippen molar-refractivity contribution in [2.45, 2.75) is 57.2 Å². The first kappa shape index (κ1) is 11.8. The molecule has 2 aliphatic carbocycles. The van der Waals surface area contributed by atoms with E-state index in [1.54, 1.807) is 0 Å². The van der Waals surface area contributed by atoms with Gasteiger partial charge in [-0.15, -0.1) is 0 Å². The van der Waals surface area contributed by atoms with Crippen molar-refractivity contribution in [2.24, 2.45) is 11.8 Å². The van der Waals surface area contributed by atoms with Gasteiger partial charge in [0.25, 0.3) is 0 Å². The summed E-state index contributed by atoms with van der Waals surface area (Å²) >= 11 is 0. The number of benzene rings is 1. The molecule has 0 amide bonds. The summed E-state index contributed by atoms with van der Waals surface area (Å²) in [6.07, 6.45) is 5.68. The number of ether oxygens (including phenoxy) is 1. The van der Waals surface area contributed by atoms with Crippen LogP contribution in [0.1, 0.15) is 51.1 Å². The molecule has 0 radical (unpaired) electrons. The quantitative estimate of drug-likeness (QED) is 0.888. The summed E-state index contributed by atoms with van der Waals surface area (Å²) in [5, 5.41) is 3.96. The van der Waals surface area contributed by atoms with E-state index in [-0.39, 0.29) is 5.60 Å². The zero-order valence-corrected chi connectivity index (χ0v) is 11.9. The van der Waals surface area contributed by atoms with E-state index in [1.807, 2.05) is 0 Å². The fraction of sp³-hybridized carbons (Fsp3) is 0.647. The molecule has 2 fully saturated rings. The highest BCUT2D eigenvalue weighted by molar-refractivity contribution is 5.42. The van der Waals surface area contributed by atoms with Crippen molar-refractivity contribution in [3.05, 3.63) is 29.8 Å². The molecular weight excluding hydrogens is 234 g/mol. The van der Waals surface area contributed by atoms with Gasteiger partial charge >= 0.3 is 0 Å². The minimum atomic E-state index is -0.133. The lowest BCUT2D eigenvalue weighted by molar-refractivity contribution is 0.0875. The smallest absolute Gasteiger partial charge is 0.125 e. The molecule has 2 heteroatoms. The Labute approximate surface area is 115 Å². The molecule has 1 atom stereocenters. The van der Waals surface area contributed by atoms with Gasteiger partial charge in [-0.3, -0.25) is 0 Å². The summed E-state index contributed by atoms with van der Waals surface area (Å²) in [6.45, 7) is 4.42. The highest BCUT2D eigenvalue weighted by atomic mass is 16.5. The van der Waals surface area contributed by atoms with E-state index >= 15 is 0 Å². The summed E-state index contributed by atoms with van der Waals surface area (Å²) in [5.74, 6) is 2.92. The van der Waals surface area contributed by atoms with Crippen molar-refractivity contribution in [2.75, 3.05) is 0 Å². The van der Waals surface area contributed by atoms with Crippen LogP contribution in [-0.4, -0.2) is 11.6 Å². The predicted molar refractivity (Wildman–Crippen MR) is 76.3 cm³/mol. The number of rotatable bonds is 4. The average Bonchev–Trinajstić information content (AvgIpc) is 3.24. The zero-order valence-electron chi connectivity index (χ0n) is 11.9. The monoisotopic (exact) mass is 257 g/mol. The minimum absolute atomic E-state index is 0.133. The molecule has 1 aromatic rings. The molecule has 1 N–H and O–H groups in total. The van der Waals surface area contributed by atoms with Crippen LogP contribution in [0.3, 0.4) is 0 Å². The first-order valence-electron chi connectivity index (χ1n) is 7.69. The fourth-order valence-corrected chi connectivity index (χ4v) is 3.58. The highest BCUT2D eigenvalue weighted by Crippen LogP contribution is 2.48. The van der Waals surface area contributed by atoms with E-state index in [1.165, 1.54) is 31.2 Å². The van der Waals surface area contributed by atoms with Gasteiger partial charge in [-0.05, 0) is 57.4 Å². The van der Waals surface area contributed by atoms with Crippen molar-refractivity contribution in [1.29, 1.82) is 0 Å². The van der Waals surface area contributed by atoms with Crippen LogP contribution in [0.5, 0.6) is 5.75 Å². The molecule has 102 valence electrons. The third kappa shape index (κ3) is 2.06. The van der Waals surface area contributed by atoms with E-state index in [2.05, 4.69) is 43.4 Å². The molecule has 1 heterocycles. The van der Waals surface area contributed by atoms with Crippen molar-refractivity contribution in [1.82, 2.24) is 5.32 Å². The molecule has 0 bridgehead atoms. The summed E-state index contributed by atoms with van der Waals surface area (Å²) in [7, 11) is 0. The normalized spacial score (nSPS) is 28.3. The van der Waals surface area contributed by atoms with Gasteiger partial charge in [0.1, 0.15) is 11.4 Å². The molecule has 0 aromatic heterocycles. The van der Waals surface area contributed by atoms with E-state index in [9.17, 15) is 0 Å². The van der Waals surface area contributed by atoms with Crippen molar-refractivity contribution in [3.8, 4) is 5.75 Å². The maximum atomic E-state index is 6.15. The Kier molecular flexibility index (Phi) is 2.47. The fourth-order valence-electron chi connectivity index (χ4n) is 3.58. The van der Waals surface area contributed by atoms with E-state index < -0.39 is 0 Å². The molecule has 4 rings (SSSR count). The molecule has 2 nitrogen and oxygen atoms in total. The van der Waals surface area contributed by atoms with Crippen LogP contribution in [0.4, 0.5) is 0 Å². The highest BCUT2D eigenvalue weighted by Gasteiger charge is 2.47. The van der Waals surface area contributed by atoms with Crippen LogP contribution in [0, 0.1) is 11.8 Å². The Morgan fingerprint density at radius 1 is 1.11 bits per heavy atom. The summed E-state index contributed by atoms with van der Waals surface area (Å²) in [5.41, 5.74) is 1.21. The maximum Gasteiger partial charge on any atom is 0.125 e. The van der Waals surface area contributed by atoms with Gasteiger partial charge in [0.15, 0.2) is 0 Å². The van der Waals surface area contributed by atoms with Crippen LogP contribution in [0.15, 0.2) is 24.3 Å². The molecule has 0 spiro atoms. The van der Waals surface area contributed by atoms with E-state index in [4.69, 9.17) is 4.74 Å². The largest absolute Gasteiger partial charge is 0.486 e. The molecule has 3 aliphatic rings. The summed E-state index contributed by atoms with van der Waals surface area (Å²) < 4.78 is 6.15. The van der Waals surface area contributed by atoms with Crippen LogP contribution in [-0.2, 0) is 0 Å². The van der Waals surface area contributed by atoms with Crippen LogP contribution >= 0.6 is 0 Å². The number of hydrogen-bond acceptors (Lipinski definition) is 2. The molecule has 0 saturated heterocycles. The van der Waals surface area contributed by atoms with Gasteiger partial charge in [0.05, 0.1) is 6.04 Å². The third-order valence-electron chi connectivity index (χ3n) is 4.92. The number of fused-ring (bicyclic) bond motifs is 1. The molecule has 1 aliphatic heterocycles. The van der Waals surface area contributed by atoms with Crippen molar-refractivity contribution < 1.29 is 4.74 Å². The van der Waals surface area contributed by atoms with Gasteiger partial charge in [-0.25, -0.2) is 0 Å². The van der Waals surface area contributed by atoms with Crippen LogP contribution in [0.2, 0.25) is 0 Å². The Balaban J connectivity index is 1.61. The molecule has 1 unspecified atom stereocenters. The summed E-state index contributed by atoms with van der Waals surface area (Å²) in [4.78, 5) is 0.